The summed E-state index contributed by atoms with van der Waals surface area (Å²) in [6, 6.07) is 5.39. The quantitative estimate of drug-likeness (QED) is 0.654. The molecule has 0 bridgehead atoms. The highest BCUT2D eigenvalue weighted by Crippen LogP contribution is 2.22. The van der Waals surface area contributed by atoms with E-state index in [4.69, 9.17) is 15.2 Å². The largest absolute Gasteiger partial charge is 0.459 e. The first-order chi connectivity index (χ1) is 9.24. The summed E-state index contributed by atoms with van der Waals surface area (Å²) >= 11 is 0. The molecule has 100 valence electrons. The van der Waals surface area contributed by atoms with E-state index in [0.29, 0.717) is 17.9 Å². The zero-order chi connectivity index (χ0) is 13.2. The van der Waals surface area contributed by atoms with Gasteiger partial charge in [-0.2, -0.15) is 0 Å². The number of nitrogens with one attached hydrogen (secondary N) is 1. The second-order valence-electron chi connectivity index (χ2n) is 4.74. The number of anilines is 1. The highest BCUT2D eigenvalue weighted by atomic mass is 16.6. The van der Waals surface area contributed by atoms with E-state index in [1.54, 1.807) is 18.3 Å². The number of fused-ring (bicyclic) bond motifs is 1. The number of hydrogen-bond acceptors (Lipinski definition) is 4. The Balaban J connectivity index is 1.74. The Labute approximate surface area is 110 Å². The van der Waals surface area contributed by atoms with E-state index in [2.05, 4.69) is 4.98 Å². The fourth-order valence-electron chi connectivity index (χ4n) is 2.33. The van der Waals surface area contributed by atoms with Gasteiger partial charge in [0.15, 0.2) is 0 Å². The maximum atomic E-state index is 12.0. The molecule has 3 rings (SSSR count). The molecule has 1 aliphatic heterocycles. The van der Waals surface area contributed by atoms with Crippen molar-refractivity contribution in [3.05, 3.63) is 30.0 Å². The molecule has 2 heterocycles. The van der Waals surface area contributed by atoms with E-state index >= 15 is 0 Å². The van der Waals surface area contributed by atoms with Gasteiger partial charge in [-0.3, -0.25) is 0 Å². The number of carbonyl (C=O) groups is 1. The molecule has 1 aromatic heterocycles. The smallest absolute Gasteiger partial charge is 0.340 e. The summed E-state index contributed by atoms with van der Waals surface area (Å²) in [5.41, 5.74) is 7.73. The molecular weight excluding hydrogens is 244 g/mol. The molecule has 0 saturated carbocycles. The maximum Gasteiger partial charge on any atom is 0.340 e. The van der Waals surface area contributed by atoms with Gasteiger partial charge in [-0.05, 0) is 31.0 Å². The molecule has 1 aliphatic rings. The molecule has 1 unspecified atom stereocenters. The van der Waals surface area contributed by atoms with Crippen LogP contribution in [0.25, 0.3) is 10.9 Å². The molecule has 1 fully saturated rings. The lowest BCUT2D eigenvalue weighted by Gasteiger charge is -2.09. The van der Waals surface area contributed by atoms with Gasteiger partial charge in [-0.15, -0.1) is 0 Å². The normalized spacial score (nSPS) is 18.8. The average Bonchev–Trinajstić information content (AvgIpc) is 3.04. The fraction of sp³-hybridized carbons (Fsp3) is 0.357. The minimum atomic E-state index is -0.327. The molecule has 1 atom stereocenters. The zero-order valence-electron chi connectivity index (χ0n) is 10.5. The molecule has 0 amide bonds. The van der Waals surface area contributed by atoms with Crippen LogP contribution in [0.3, 0.4) is 0 Å². The topological polar surface area (TPSA) is 77.3 Å². The zero-order valence-corrected chi connectivity index (χ0v) is 10.5. The van der Waals surface area contributed by atoms with Crippen LogP contribution < -0.4 is 5.73 Å². The van der Waals surface area contributed by atoms with Crippen molar-refractivity contribution in [2.75, 3.05) is 18.9 Å². The summed E-state index contributed by atoms with van der Waals surface area (Å²) < 4.78 is 10.7. The van der Waals surface area contributed by atoms with E-state index in [9.17, 15) is 4.79 Å². The van der Waals surface area contributed by atoms with Crippen molar-refractivity contribution in [3.8, 4) is 0 Å². The molecule has 1 saturated heterocycles. The summed E-state index contributed by atoms with van der Waals surface area (Å²) in [5.74, 6) is -0.327. The molecule has 3 N–H and O–H groups in total. The molecule has 19 heavy (non-hydrogen) atoms. The van der Waals surface area contributed by atoms with Crippen LogP contribution in [0.5, 0.6) is 0 Å². The number of hydrogen-bond donors (Lipinski definition) is 2. The monoisotopic (exact) mass is 260 g/mol. The van der Waals surface area contributed by atoms with Crippen LogP contribution in [0.15, 0.2) is 24.4 Å². The fourth-order valence-corrected chi connectivity index (χ4v) is 2.33. The van der Waals surface area contributed by atoms with Crippen molar-refractivity contribution in [3.63, 3.8) is 0 Å². The van der Waals surface area contributed by atoms with E-state index in [0.717, 1.165) is 30.4 Å². The number of aromatic nitrogens is 1. The van der Waals surface area contributed by atoms with Gasteiger partial charge in [-0.25, -0.2) is 4.79 Å². The van der Waals surface area contributed by atoms with Gasteiger partial charge in [0.1, 0.15) is 6.61 Å². The Hall–Kier alpha value is -2.01. The predicted molar refractivity (Wildman–Crippen MR) is 72.0 cm³/mol. The third-order valence-electron chi connectivity index (χ3n) is 3.35. The number of carbonyl (C=O) groups excluding carboxylic acids is 1. The predicted octanol–water partition coefficient (Wildman–Crippen LogP) is 2.09. The molecule has 0 spiro atoms. The Morgan fingerprint density at radius 1 is 1.53 bits per heavy atom. The van der Waals surface area contributed by atoms with Crippen LogP contribution >= 0.6 is 0 Å². The van der Waals surface area contributed by atoms with Gasteiger partial charge in [0, 0.05) is 29.4 Å². The van der Waals surface area contributed by atoms with E-state index < -0.39 is 0 Å². The SMILES string of the molecule is Nc1ccc2c(C(=O)OCC3CCCO3)c[nH]c2c1. The van der Waals surface area contributed by atoms with E-state index in [1.807, 2.05) is 6.07 Å². The van der Waals surface area contributed by atoms with Crippen LogP contribution in [0.2, 0.25) is 0 Å². The summed E-state index contributed by atoms with van der Waals surface area (Å²) in [7, 11) is 0. The minimum Gasteiger partial charge on any atom is -0.459 e. The van der Waals surface area contributed by atoms with Crippen molar-refractivity contribution in [2.24, 2.45) is 0 Å². The molecule has 1 aromatic carbocycles. The number of ether oxygens (including phenoxy) is 2. The van der Waals surface area contributed by atoms with Crippen molar-refractivity contribution in [2.45, 2.75) is 18.9 Å². The number of rotatable bonds is 3. The van der Waals surface area contributed by atoms with Crippen molar-refractivity contribution in [1.29, 1.82) is 0 Å². The lowest BCUT2D eigenvalue weighted by molar-refractivity contribution is 0.0163. The van der Waals surface area contributed by atoms with Gasteiger partial charge in [-0.1, -0.05) is 0 Å². The van der Waals surface area contributed by atoms with Crippen LogP contribution in [-0.2, 0) is 9.47 Å². The number of nitrogen functional groups attached to an aromatic ring is 1. The minimum absolute atomic E-state index is 0.0461. The van der Waals surface area contributed by atoms with Crippen molar-refractivity contribution >= 4 is 22.6 Å². The molecule has 0 aliphatic carbocycles. The molecule has 5 heteroatoms. The highest BCUT2D eigenvalue weighted by molar-refractivity contribution is 6.04. The molecular formula is C14H16N2O3. The second-order valence-corrected chi connectivity index (χ2v) is 4.74. The van der Waals surface area contributed by atoms with Crippen LogP contribution in [-0.4, -0.2) is 30.3 Å². The van der Waals surface area contributed by atoms with Gasteiger partial charge < -0.3 is 20.2 Å². The first kappa shape index (κ1) is 12.0. The first-order valence-electron chi connectivity index (χ1n) is 6.39. The standard InChI is InChI=1S/C14H16N2O3/c15-9-3-4-11-12(7-16-13(11)6-9)14(17)19-8-10-2-1-5-18-10/h3-4,6-7,10,16H,1-2,5,8,15H2. The second kappa shape index (κ2) is 4.93. The number of aromatic amines is 1. The van der Waals surface area contributed by atoms with Gasteiger partial charge >= 0.3 is 5.97 Å². The Bertz CT molecular complexity index is 600. The van der Waals surface area contributed by atoms with Crippen molar-refractivity contribution in [1.82, 2.24) is 4.98 Å². The molecule has 2 aromatic rings. The average molecular weight is 260 g/mol. The van der Waals surface area contributed by atoms with E-state index in [-0.39, 0.29) is 12.1 Å². The third kappa shape index (κ3) is 2.42. The molecule has 5 nitrogen and oxygen atoms in total. The number of esters is 1. The van der Waals surface area contributed by atoms with Gasteiger partial charge in [0.2, 0.25) is 0 Å². The van der Waals surface area contributed by atoms with Crippen LogP contribution in [0.1, 0.15) is 23.2 Å². The summed E-state index contributed by atoms with van der Waals surface area (Å²) in [5, 5.41) is 0.826. The summed E-state index contributed by atoms with van der Waals surface area (Å²) in [4.78, 5) is 15.1. The lowest BCUT2D eigenvalue weighted by atomic mass is 10.1. The summed E-state index contributed by atoms with van der Waals surface area (Å²) in [6.45, 7) is 1.08. The molecule has 0 radical (unpaired) electrons. The first-order valence-corrected chi connectivity index (χ1v) is 6.39. The van der Waals surface area contributed by atoms with E-state index in [1.165, 1.54) is 0 Å². The van der Waals surface area contributed by atoms with Crippen molar-refractivity contribution < 1.29 is 14.3 Å². The number of benzene rings is 1. The Morgan fingerprint density at radius 3 is 3.21 bits per heavy atom. The maximum absolute atomic E-state index is 12.0. The van der Waals surface area contributed by atoms with Crippen LogP contribution in [0, 0.1) is 0 Å². The van der Waals surface area contributed by atoms with Gasteiger partial charge in [0.05, 0.1) is 11.7 Å². The van der Waals surface area contributed by atoms with Crippen LogP contribution in [0.4, 0.5) is 5.69 Å². The Kier molecular flexibility index (Phi) is 3.13. The van der Waals surface area contributed by atoms with Gasteiger partial charge in [0.25, 0.3) is 0 Å². The number of nitrogens with two attached hydrogens (primary N) is 1. The third-order valence-corrected chi connectivity index (χ3v) is 3.35. The number of H-pyrrole nitrogens is 1. The highest BCUT2D eigenvalue weighted by Gasteiger charge is 2.19. The lowest BCUT2D eigenvalue weighted by Crippen LogP contribution is -2.17. The summed E-state index contributed by atoms with van der Waals surface area (Å²) in [6.07, 6.45) is 3.69. The Morgan fingerprint density at radius 2 is 2.42 bits per heavy atom.